The standard InChI is InChI=1S/C17H19ClN2O2/c1-12-5-2-3-8-16(12)17(22)20-14-7-4-6-13(9-14)19-11-15(21)10-18/h2-9,15,19,21H,10-11H2,1H3,(H,20,22). The molecular formula is C17H19ClN2O2. The van der Waals surface area contributed by atoms with Crippen LogP contribution in [0.3, 0.4) is 0 Å². The van der Waals surface area contributed by atoms with Crippen molar-refractivity contribution in [2.24, 2.45) is 0 Å². The first-order chi connectivity index (χ1) is 10.6. The second-order valence-corrected chi connectivity index (χ2v) is 5.35. The van der Waals surface area contributed by atoms with Crippen molar-refractivity contribution in [3.05, 3.63) is 59.7 Å². The highest BCUT2D eigenvalue weighted by atomic mass is 35.5. The van der Waals surface area contributed by atoms with Gasteiger partial charge in [0.15, 0.2) is 0 Å². The molecule has 1 atom stereocenters. The van der Waals surface area contributed by atoms with Gasteiger partial charge in [0.1, 0.15) is 0 Å². The van der Waals surface area contributed by atoms with Gasteiger partial charge in [-0.2, -0.15) is 0 Å². The second-order valence-electron chi connectivity index (χ2n) is 5.04. The predicted molar refractivity (Wildman–Crippen MR) is 90.8 cm³/mol. The summed E-state index contributed by atoms with van der Waals surface area (Å²) in [5.74, 6) is 0.0347. The van der Waals surface area contributed by atoms with E-state index in [2.05, 4.69) is 10.6 Å². The summed E-state index contributed by atoms with van der Waals surface area (Å²) in [5, 5.41) is 15.4. The summed E-state index contributed by atoms with van der Waals surface area (Å²) in [4.78, 5) is 12.3. The zero-order chi connectivity index (χ0) is 15.9. The molecule has 0 aliphatic rings. The third-order valence-electron chi connectivity index (χ3n) is 3.23. The minimum atomic E-state index is -0.605. The molecule has 0 aromatic heterocycles. The molecular weight excluding hydrogens is 300 g/mol. The van der Waals surface area contributed by atoms with E-state index in [1.807, 2.05) is 49.4 Å². The summed E-state index contributed by atoms with van der Waals surface area (Å²) in [6.45, 7) is 2.26. The molecule has 0 bridgehead atoms. The molecule has 0 radical (unpaired) electrons. The number of rotatable bonds is 6. The number of hydrogen-bond donors (Lipinski definition) is 3. The first-order valence-corrected chi connectivity index (χ1v) is 7.58. The molecule has 1 unspecified atom stereocenters. The van der Waals surface area contributed by atoms with Gasteiger partial charge in [0, 0.05) is 23.5 Å². The van der Waals surface area contributed by atoms with Crippen molar-refractivity contribution in [1.82, 2.24) is 0 Å². The lowest BCUT2D eigenvalue weighted by atomic mass is 10.1. The Kier molecular flexibility index (Phi) is 5.81. The number of carbonyl (C=O) groups excluding carboxylic acids is 1. The van der Waals surface area contributed by atoms with E-state index < -0.39 is 6.10 Å². The van der Waals surface area contributed by atoms with Gasteiger partial charge >= 0.3 is 0 Å². The van der Waals surface area contributed by atoms with Crippen LogP contribution in [0.4, 0.5) is 11.4 Å². The molecule has 22 heavy (non-hydrogen) atoms. The molecule has 0 saturated heterocycles. The second kappa shape index (κ2) is 7.82. The fourth-order valence-corrected chi connectivity index (χ4v) is 2.13. The normalized spacial score (nSPS) is 11.8. The third-order valence-corrected chi connectivity index (χ3v) is 3.59. The molecule has 2 aromatic carbocycles. The predicted octanol–water partition coefficient (Wildman–Crippen LogP) is 3.26. The van der Waals surface area contributed by atoms with Crippen molar-refractivity contribution in [1.29, 1.82) is 0 Å². The molecule has 0 spiro atoms. The number of aliphatic hydroxyl groups is 1. The van der Waals surface area contributed by atoms with Crippen LogP contribution in [-0.4, -0.2) is 29.5 Å². The summed E-state index contributed by atoms with van der Waals surface area (Å²) in [7, 11) is 0. The highest BCUT2D eigenvalue weighted by Crippen LogP contribution is 2.17. The lowest BCUT2D eigenvalue weighted by Crippen LogP contribution is -2.20. The van der Waals surface area contributed by atoms with Crippen molar-refractivity contribution in [2.75, 3.05) is 23.1 Å². The summed E-state index contributed by atoms with van der Waals surface area (Å²) >= 11 is 5.55. The molecule has 0 aliphatic carbocycles. The van der Waals surface area contributed by atoms with Crippen LogP contribution in [0, 0.1) is 6.92 Å². The van der Waals surface area contributed by atoms with Gasteiger partial charge < -0.3 is 15.7 Å². The topological polar surface area (TPSA) is 61.4 Å². The maximum Gasteiger partial charge on any atom is 0.255 e. The number of amides is 1. The van der Waals surface area contributed by atoms with Crippen LogP contribution < -0.4 is 10.6 Å². The van der Waals surface area contributed by atoms with Crippen molar-refractivity contribution in [3.63, 3.8) is 0 Å². The number of aryl methyl sites for hydroxylation is 1. The van der Waals surface area contributed by atoms with Crippen molar-refractivity contribution >= 4 is 28.9 Å². The molecule has 0 aliphatic heterocycles. The maximum absolute atomic E-state index is 12.3. The Bertz CT molecular complexity index is 646. The quantitative estimate of drug-likeness (QED) is 0.716. The summed E-state index contributed by atoms with van der Waals surface area (Å²) in [6.07, 6.45) is -0.605. The molecule has 4 nitrogen and oxygen atoms in total. The number of aliphatic hydroxyl groups excluding tert-OH is 1. The highest BCUT2D eigenvalue weighted by Gasteiger charge is 2.09. The third kappa shape index (κ3) is 4.48. The average molecular weight is 319 g/mol. The van der Waals surface area contributed by atoms with Crippen LogP contribution in [0.25, 0.3) is 0 Å². The lowest BCUT2D eigenvalue weighted by molar-refractivity contribution is 0.102. The molecule has 0 fully saturated rings. The fraction of sp³-hybridized carbons (Fsp3) is 0.235. The molecule has 2 aromatic rings. The molecule has 0 heterocycles. The van der Waals surface area contributed by atoms with Gasteiger partial charge in [0.25, 0.3) is 5.91 Å². The number of halogens is 1. The molecule has 2 rings (SSSR count). The average Bonchev–Trinajstić information content (AvgIpc) is 2.53. The SMILES string of the molecule is Cc1ccccc1C(=O)Nc1cccc(NCC(O)CCl)c1. The van der Waals surface area contributed by atoms with Gasteiger partial charge in [-0.3, -0.25) is 4.79 Å². The van der Waals surface area contributed by atoms with E-state index >= 15 is 0 Å². The van der Waals surface area contributed by atoms with Gasteiger partial charge in [-0.05, 0) is 36.8 Å². The minimum Gasteiger partial charge on any atom is -0.390 e. The fourth-order valence-electron chi connectivity index (χ4n) is 2.02. The summed E-state index contributed by atoms with van der Waals surface area (Å²) in [6, 6.07) is 14.8. The van der Waals surface area contributed by atoms with Gasteiger partial charge in [-0.15, -0.1) is 11.6 Å². The summed E-state index contributed by atoms with van der Waals surface area (Å²) in [5.41, 5.74) is 3.09. The van der Waals surface area contributed by atoms with Crippen LogP contribution in [-0.2, 0) is 0 Å². The smallest absolute Gasteiger partial charge is 0.255 e. The van der Waals surface area contributed by atoms with Gasteiger partial charge in [-0.25, -0.2) is 0 Å². The number of alkyl halides is 1. The minimum absolute atomic E-state index is 0.143. The molecule has 0 saturated carbocycles. The van der Waals surface area contributed by atoms with E-state index in [1.54, 1.807) is 6.07 Å². The highest BCUT2D eigenvalue weighted by molar-refractivity contribution is 6.18. The van der Waals surface area contributed by atoms with Crippen LogP contribution in [0.15, 0.2) is 48.5 Å². The monoisotopic (exact) mass is 318 g/mol. The van der Waals surface area contributed by atoms with Gasteiger partial charge in [-0.1, -0.05) is 24.3 Å². The maximum atomic E-state index is 12.3. The van der Waals surface area contributed by atoms with Crippen LogP contribution in [0.1, 0.15) is 15.9 Å². The van der Waals surface area contributed by atoms with Crippen molar-refractivity contribution in [3.8, 4) is 0 Å². The van der Waals surface area contributed by atoms with E-state index in [-0.39, 0.29) is 11.8 Å². The Labute approximate surface area is 135 Å². The number of hydrogen-bond acceptors (Lipinski definition) is 3. The van der Waals surface area contributed by atoms with Crippen molar-refractivity contribution < 1.29 is 9.90 Å². The molecule has 3 N–H and O–H groups in total. The Balaban J connectivity index is 2.04. The Hall–Kier alpha value is -2.04. The number of nitrogens with one attached hydrogen (secondary N) is 2. The van der Waals surface area contributed by atoms with Crippen LogP contribution >= 0.6 is 11.6 Å². The number of anilines is 2. The van der Waals surface area contributed by atoms with E-state index in [9.17, 15) is 9.90 Å². The Morgan fingerprint density at radius 2 is 1.91 bits per heavy atom. The molecule has 116 valence electrons. The lowest BCUT2D eigenvalue weighted by Gasteiger charge is -2.12. The number of carbonyl (C=O) groups is 1. The first kappa shape index (κ1) is 16.3. The molecule has 1 amide bonds. The van der Waals surface area contributed by atoms with Gasteiger partial charge in [0.2, 0.25) is 0 Å². The van der Waals surface area contributed by atoms with E-state index in [1.165, 1.54) is 0 Å². The van der Waals surface area contributed by atoms with Crippen molar-refractivity contribution in [2.45, 2.75) is 13.0 Å². The molecule has 5 heteroatoms. The van der Waals surface area contributed by atoms with Crippen LogP contribution in [0.2, 0.25) is 0 Å². The Morgan fingerprint density at radius 3 is 2.64 bits per heavy atom. The first-order valence-electron chi connectivity index (χ1n) is 7.05. The van der Waals surface area contributed by atoms with Gasteiger partial charge in [0.05, 0.1) is 12.0 Å². The largest absolute Gasteiger partial charge is 0.390 e. The van der Waals surface area contributed by atoms with E-state index in [4.69, 9.17) is 11.6 Å². The Morgan fingerprint density at radius 1 is 1.18 bits per heavy atom. The summed E-state index contributed by atoms with van der Waals surface area (Å²) < 4.78 is 0. The van der Waals surface area contributed by atoms with Crippen LogP contribution in [0.5, 0.6) is 0 Å². The zero-order valence-corrected chi connectivity index (χ0v) is 13.1. The van der Waals surface area contributed by atoms with E-state index in [0.717, 1.165) is 11.3 Å². The zero-order valence-electron chi connectivity index (χ0n) is 12.3. The van der Waals surface area contributed by atoms with E-state index in [0.29, 0.717) is 17.8 Å². The number of benzene rings is 2.